The van der Waals surface area contributed by atoms with E-state index in [-0.39, 0.29) is 24.8 Å². The fourth-order valence-electron chi connectivity index (χ4n) is 4.30. The fraction of sp³-hybridized carbons (Fsp3) is 0.500. The minimum absolute atomic E-state index is 0.114. The van der Waals surface area contributed by atoms with Crippen LogP contribution in [0, 0.1) is 0 Å². The number of hydrogen-bond acceptors (Lipinski definition) is 6. The number of nitrogens with two attached hydrogens (primary N) is 1. The summed E-state index contributed by atoms with van der Waals surface area (Å²) in [6.45, 7) is 0.588. The van der Waals surface area contributed by atoms with Crippen LogP contribution in [0.15, 0.2) is 18.2 Å². The summed E-state index contributed by atoms with van der Waals surface area (Å²) in [5.41, 5.74) is 7.55. The topological polar surface area (TPSA) is 122 Å². The van der Waals surface area contributed by atoms with Crippen LogP contribution < -0.4 is 16.4 Å². The van der Waals surface area contributed by atoms with Crippen molar-refractivity contribution in [3.63, 3.8) is 0 Å². The molecule has 4 amide bonds. The molecule has 0 aromatic heterocycles. The Morgan fingerprint density at radius 2 is 1.86 bits per heavy atom. The molecular weight excluding hydrogens is 360 g/mol. The lowest BCUT2D eigenvalue weighted by atomic mass is 9.91. The van der Waals surface area contributed by atoms with Gasteiger partial charge in [-0.1, -0.05) is 12.5 Å². The first-order chi connectivity index (χ1) is 13.4. The van der Waals surface area contributed by atoms with Gasteiger partial charge in [0.05, 0.1) is 11.1 Å². The van der Waals surface area contributed by atoms with Crippen LogP contribution in [0.4, 0.5) is 0 Å². The van der Waals surface area contributed by atoms with Crippen molar-refractivity contribution in [2.75, 3.05) is 0 Å². The van der Waals surface area contributed by atoms with E-state index in [0.717, 1.165) is 36.1 Å². The van der Waals surface area contributed by atoms with Crippen LogP contribution in [0.5, 0.6) is 0 Å². The number of nitrogens with one attached hydrogen (secondary N) is 2. The lowest BCUT2D eigenvalue weighted by Gasteiger charge is -2.27. The Kier molecular flexibility index (Phi) is 4.99. The van der Waals surface area contributed by atoms with Gasteiger partial charge < -0.3 is 11.1 Å². The van der Waals surface area contributed by atoms with Gasteiger partial charge in [0, 0.05) is 25.0 Å². The maximum Gasteiger partial charge on any atom is 0.262 e. The van der Waals surface area contributed by atoms with Gasteiger partial charge in [0.25, 0.3) is 11.8 Å². The van der Waals surface area contributed by atoms with Gasteiger partial charge in [-0.3, -0.25) is 29.4 Å². The molecule has 2 heterocycles. The van der Waals surface area contributed by atoms with E-state index in [1.807, 2.05) is 6.07 Å². The van der Waals surface area contributed by atoms with Gasteiger partial charge in [-0.15, -0.1) is 0 Å². The molecule has 3 aliphatic rings. The number of carbonyl (C=O) groups excluding carboxylic acids is 4. The van der Waals surface area contributed by atoms with Crippen molar-refractivity contribution in [1.82, 2.24) is 15.5 Å². The standard InChI is InChI=1S/C20H24N4O4/c21-12-2-1-3-13(9-12)22-10-11-4-5-14-15(8-11)20(28)24(19(14)27)16-6-7-17(25)23-18(16)26/h4-5,8,12-13,16,22H,1-3,6-7,9-10,21H2,(H,23,25,26)/t12-,13-,16?/m0/s1. The first-order valence-electron chi connectivity index (χ1n) is 9.77. The highest BCUT2D eigenvalue weighted by Gasteiger charge is 2.44. The minimum atomic E-state index is -0.935. The molecule has 2 fully saturated rings. The summed E-state index contributed by atoms with van der Waals surface area (Å²) < 4.78 is 0. The maximum absolute atomic E-state index is 12.8. The zero-order chi connectivity index (χ0) is 19.8. The second-order valence-corrected chi connectivity index (χ2v) is 7.83. The summed E-state index contributed by atoms with van der Waals surface area (Å²) in [7, 11) is 0. The van der Waals surface area contributed by atoms with Gasteiger partial charge in [-0.2, -0.15) is 0 Å². The molecule has 1 aromatic rings. The van der Waals surface area contributed by atoms with E-state index >= 15 is 0 Å². The Morgan fingerprint density at radius 3 is 2.61 bits per heavy atom. The molecule has 4 rings (SSSR count). The van der Waals surface area contributed by atoms with Crippen LogP contribution in [-0.4, -0.2) is 46.7 Å². The van der Waals surface area contributed by atoms with Gasteiger partial charge in [0.2, 0.25) is 11.8 Å². The molecule has 8 heteroatoms. The smallest absolute Gasteiger partial charge is 0.262 e. The monoisotopic (exact) mass is 384 g/mol. The largest absolute Gasteiger partial charge is 0.328 e. The lowest BCUT2D eigenvalue weighted by molar-refractivity contribution is -0.136. The molecule has 3 atom stereocenters. The summed E-state index contributed by atoms with van der Waals surface area (Å²) in [6.07, 6.45) is 4.46. The number of piperidine rings is 1. The predicted molar refractivity (Wildman–Crippen MR) is 100 cm³/mol. The molecule has 28 heavy (non-hydrogen) atoms. The number of hydrogen-bond donors (Lipinski definition) is 3. The molecule has 2 aliphatic heterocycles. The summed E-state index contributed by atoms with van der Waals surface area (Å²) >= 11 is 0. The zero-order valence-electron chi connectivity index (χ0n) is 15.6. The number of fused-ring (bicyclic) bond motifs is 1. The van der Waals surface area contributed by atoms with Crippen molar-refractivity contribution < 1.29 is 19.2 Å². The number of amides is 4. The SMILES string of the molecule is N[C@H]1CCC[C@H](NCc2ccc3c(c2)C(=O)N(C2CCC(=O)NC2=O)C3=O)C1. The Balaban J connectivity index is 1.48. The van der Waals surface area contributed by atoms with E-state index < -0.39 is 23.8 Å². The molecule has 0 bridgehead atoms. The molecule has 148 valence electrons. The average molecular weight is 384 g/mol. The second kappa shape index (κ2) is 7.44. The number of imide groups is 2. The Labute approximate surface area is 162 Å². The van der Waals surface area contributed by atoms with Crippen LogP contribution >= 0.6 is 0 Å². The van der Waals surface area contributed by atoms with Gasteiger partial charge in [-0.05, 0) is 43.4 Å². The third-order valence-electron chi connectivity index (χ3n) is 5.81. The van der Waals surface area contributed by atoms with Gasteiger partial charge in [-0.25, -0.2) is 0 Å². The van der Waals surface area contributed by atoms with Crippen LogP contribution in [0.25, 0.3) is 0 Å². The molecule has 8 nitrogen and oxygen atoms in total. The summed E-state index contributed by atoms with van der Waals surface area (Å²) in [4.78, 5) is 50.0. The molecule has 1 saturated carbocycles. The van der Waals surface area contributed by atoms with Crippen molar-refractivity contribution in [3.8, 4) is 0 Å². The molecule has 4 N–H and O–H groups in total. The number of benzene rings is 1. The summed E-state index contributed by atoms with van der Waals surface area (Å²) in [6, 6.07) is 4.84. The van der Waals surface area contributed by atoms with E-state index in [4.69, 9.17) is 5.73 Å². The van der Waals surface area contributed by atoms with Crippen LogP contribution in [0.3, 0.4) is 0 Å². The third-order valence-corrected chi connectivity index (χ3v) is 5.81. The maximum atomic E-state index is 12.8. The Hall–Kier alpha value is -2.58. The van der Waals surface area contributed by atoms with Gasteiger partial charge >= 0.3 is 0 Å². The normalized spacial score (nSPS) is 27.8. The van der Waals surface area contributed by atoms with Crippen LogP contribution in [0.2, 0.25) is 0 Å². The Bertz CT molecular complexity index is 853. The van der Waals surface area contributed by atoms with Gasteiger partial charge in [0.15, 0.2) is 0 Å². The van der Waals surface area contributed by atoms with E-state index in [0.29, 0.717) is 23.7 Å². The molecule has 1 aliphatic carbocycles. The summed E-state index contributed by atoms with van der Waals surface area (Å²) in [5, 5.41) is 5.68. The van der Waals surface area contributed by atoms with Crippen LogP contribution in [-0.2, 0) is 16.1 Å². The minimum Gasteiger partial charge on any atom is -0.328 e. The number of rotatable bonds is 4. The molecular formula is C20H24N4O4. The van der Waals surface area contributed by atoms with E-state index in [2.05, 4.69) is 10.6 Å². The zero-order valence-corrected chi connectivity index (χ0v) is 15.6. The van der Waals surface area contributed by atoms with Crippen molar-refractivity contribution in [1.29, 1.82) is 0 Å². The van der Waals surface area contributed by atoms with Crippen molar-refractivity contribution in [2.24, 2.45) is 5.73 Å². The van der Waals surface area contributed by atoms with Crippen molar-refractivity contribution in [3.05, 3.63) is 34.9 Å². The molecule has 1 saturated heterocycles. The lowest BCUT2D eigenvalue weighted by Crippen LogP contribution is -2.54. The summed E-state index contributed by atoms with van der Waals surface area (Å²) in [5.74, 6) is -1.93. The molecule has 0 radical (unpaired) electrons. The average Bonchev–Trinajstić information content (AvgIpc) is 2.91. The van der Waals surface area contributed by atoms with Crippen molar-refractivity contribution in [2.45, 2.75) is 63.2 Å². The van der Waals surface area contributed by atoms with Gasteiger partial charge in [0.1, 0.15) is 6.04 Å². The quantitative estimate of drug-likeness (QED) is 0.648. The second-order valence-electron chi connectivity index (χ2n) is 7.83. The molecule has 0 spiro atoms. The predicted octanol–water partition coefficient (Wildman–Crippen LogP) is 0.447. The molecule has 1 unspecified atom stereocenters. The Morgan fingerprint density at radius 1 is 1.07 bits per heavy atom. The number of nitrogens with zero attached hydrogens (tertiary/aromatic N) is 1. The van der Waals surface area contributed by atoms with E-state index in [1.54, 1.807) is 12.1 Å². The highest BCUT2D eigenvalue weighted by atomic mass is 16.2. The van der Waals surface area contributed by atoms with E-state index in [9.17, 15) is 19.2 Å². The van der Waals surface area contributed by atoms with Crippen LogP contribution in [0.1, 0.15) is 64.8 Å². The first kappa shape index (κ1) is 18.8. The highest BCUT2D eigenvalue weighted by molar-refractivity contribution is 6.23. The highest BCUT2D eigenvalue weighted by Crippen LogP contribution is 2.28. The fourth-order valence-corrected chi connectivity index (χ4v) is 4.30. The third kappa shape index (κ3) is 3.45. The molecule has 1 aromatic carbocycles. The number of carbonyl (C=O) groups is 4. The van der Waals surface area contributed by atoms with E-state index in [1.165, 1.54) is 0 Å². The first-order valence-corrected chi connectivity index (χ1v) is 9.77. The van der Waals surface area contributed by atoms with Crippen molar-refractivity contribution >= 4 is 23.6 Å².